The van der Waals surface area contributed by atoms with E-state index < -0.39 is 0 Å². The highest BCUT2D eigenvalue weighted by atomic mass is 32.1. The lowest BCUT2D eigenvalue weighted by atomic mass is 10.1. The van der Waals surface area contributed by atoms with Crippen molar-refractivity contribution in [1.82, 2.24) is 4.90 Å². The maximum Gasteiger partial charge on any atom is 0.260 e. The number of carbonyl (C=O) groups excluding carboxylic acids is 1. The van der Waals surface area contributed by atoms with E-state index >= 15 is 0 Å². The van der Waals surface area contributed by atoms with Gasteiger partial charge in [-0.15, -0.1) is 11.3 Å². The lowest BCUT2D eigenvalue weighted by Crippen LogP contribution is -2.32. The molecule has 4 rings (SSSR count). The molecule has 2 aliphatic heterocycles. The molecule has 24 heavy (non-hydrogen) atoms. The molecule has 2 aliphatic rings. The number of rotatable bonds is 3. The highest BCUT2D eigenvalue weighted by Crippen LogP contribution is 2.39. The van der Waals surface area contributed by atoms with E-state index in [9.17, 15) is 4.79 Å². The number of hydrogen-bond donors (Lipinski definition) is 0. The number of hydrogen-bond acceptors (Lipinski definition) is 5. The van der Waals surface area contributed by atoms with Crippen LogP contribution in [0, 0.1) is 0 Å². The first-order valence-corrected chi connectivity index (χ1v) is 8.46. The van der Waals surface area contributed by atoms with Crippen LogP contribution in [-0.2, 0) is 0 Å². The first kappa shape index (κ1) is 15.0. The van der Waals surface area contributed by atoms with Crippen LogP contribution in [0.5, 0.6) is 11.5 Å². The molecule has 1 unspecified atom stereocenters. The minimum absolute atomic E-state index is 0.0565. The minimum atomic E-state index is -0.0694. The molecule has 0 spiro atoms. The number of benzene rings is 1. The molecule has 1 aromatic heterocycles. The Labute approximate surface area is 143 Å². The normalized spacial score (nSPS) is 18.8. The van der Waals surface area contributed by atoms with Gasteiger partial charge in [-0.25, -0.2) is 0 Å². The van der Waals surface area contributed by atoms with Gasteiger partial charge in [0.05, 0.1) is 31.5 Å². The van der Waals surface area contributed by atoms with Crippen molar-refractivity contribution in [3.63, 3.8) is 0 Å². The summed E-state index contributed by atoms with van der Waals surface area (Å²) >= 11 is 1.68. The molecular weight excluding hydrogens is 324 g/mol. The number of thiophene rings is 1. The summed E-state index contributed by atoms with van der Waals surface area (Å²) in [6.45, 7) is 0. The van der Waals surface area contributed by atoms with Gasteiger partial charge >= 0.3 is 0 Å². The number of amides is 1. The predicted molar refractivity (Wildman–Crippen MR) is 94.6 cm³/mol. The van der Waals surface area contributed by atoms with Crippen molar-refractivity contribution < 1.29 is 14.3 Å². The Bertz CT molecular complexity index is 855. The average Bonchev–Trinajstić information content (AvgIpc) is 3.25. The highest BCUT2D eigenvalue weighted by molar-refractivity contribution is 7.11. The number of carbonyl (C=O) groups is 1. The molecular formula is C18H16N2O3S. The zero-order valence-corrected chi connectivity index (χ0v) is 14.2. The summed E-state index contributed by atoms with van der Waals surface area (Å²) in [5.41, 5.74) is 2.30. The van der Waals surface area contributed by atoms with Crippen LogP contribution >= 0.6 is 11.3 Å². The fourth-order valence-corrected chi connectivity index (χ4v) is 3.80. The van der Waals surface area contributed by atoms with Crippen LogP contribution in [0.1, 0.15) is 21.7 Å². The summed E-state index contributed by atoms with van der Waals surface area (Å²) in [7, 11) is 3.13. The van der Waals surface area contributed by atoms with E-state index in [1.54, 1.807) is 42.6 Å². The van der Waals surface area contributed by atoms with Crippen molar-refractivity contribution in [3.8, 4) is 11.5 Å². The van der Waals surface area contributed by atoms with E-state index in [1.165, 1.54) is 10.5 Å². The van der Waals surface area contributed by atoms with Gasteiger partial charge in [-0.1, -0.05) is 6.07 Å². The van der Waals surface area contributed by atoms with Gasteiger partial charge in [0.1, 0.15) is 0 Å². The second-order valence-corrected chi connectivity index (χ2v) is 6.57. The van der Waals surface area contributed by atoms with Gasteiger partial charge in [-0.3, -0.25) is 9.79 Å². The van der Waals surface area contributed by atoms with Crippen molar-refractivity contribution in [2.24, 2.45) is 4.99 Å². The number of methoxy groups -OCH3 is 2. The molecule has 0 radical (unpaired) electrons. The third kappa shape index (κ3) is 2.30. The van der Waals surface area contributed by atoms with Crippen molar-refractivity contribution in [1.29, 1.82) is 0 Å². The molecule has 5 nitrogen and oxygen atoms in total. The average molecular weight is 340 g/mol. The molecule has 1 amide bonds. The van der Waals surface area contributed by atoms with Crippen LogP contribution in [0.3, 0.4) is 0 Å². The molecule has 0 saturated carbocycles. The third-order valence-electron chi connectivity index (χ3n) is 4.27. The summed E-state index contributed by atoms with van der Waals surface area (Å²) in [5, 5.41) is 2.04. The second-order valence-electron chi connectivity index (χ2n) is 5.62. The molecule has 0 saturated heterocycles. The van der Waals surface area contributed by atoms with Gasteiger partial charge in [-0.05, 0) is 23.1 Å². The number of ether oxygens (including phenoxy) is 2. The largest absolute Gasteiger partial charge is 0.493 e. The van der Waals surface area contributed by atoms with Crippen LogP contribution in [0.4, 0.5) is 5.69 Å². The lowest BCUT2D eigenvalue weighted by Gasteiger charge is -2.18. The second kappa shape index (κ2) is 5.79. The van der Waals surface area contributed by atoms with Gasteiger partial charge in [0.15, 0.2) is 11.5 Å². The Kier molecular flexibility index (Phi) is 3.61. The van der Waals surface area contributed by atoms with Crippen LogP contribution in [0.2, 0.25) is 0 Å². The number of nitrogens with zero attached hydrogens (tertiary/aromatic N) is 2. The quantitative estimate of drug-likeness (QED) is 0.855. The fraction of sp³-hybridized carbons (Fsp3) is 0.222. The zero-order chi connectivity index (χ0) is 16.7. The monoisotopic (exact) mass is 340 g/mol. The first-order valence-electron chi connectivity index (χ1n) is 7.58. The Morgan fingerprint density at radius 3 is 2.75 bits per heavy atom. The van der Waals surface area contributed by atoms with Crippen molar-refractivity contribution in [2.45, 2.75) is 12.5 Å². The number of fused-ring (bicyclic) bond motifs is 2. The summed E-state index contributed by atoms with van der Waals surface area (Å²) < 4.78 is 10.6. The summed E-state index contributed by atoms with van der Waals surface area (Å²) in [6.07, 6.45) is 4.56. The molecule has 6 heteroatoms. The first-order chi connectivity index (χ1) is 11.7. The molecule has 0 fully saturated rings. The van der Waals surface area contributed by atoms with Crippen LogP contribution < -0.4 is 9.47 Å². The van der Waals surface area contributed by atoms with Gasteiger partial charge in [0.25, 0.3) is 5.91 Å². The van der Waals surface area contributed by atoms with Crippen LogP contribution in [-0.4, -0.2) is 37.3 Å². The Morgan fingerprint density at radius 1 is 1.25 bits per heavy atom. The molecule has 0 N–H and O–H groups in total. The van der Waals surface area contributed by atoms with E-state index in [0.717, 1.165) is 6.42 Å². The van der Waals surface area contributed by atoms with E-state index in [2.05, 4.69) is 11.1 Å². The van der Waals surface area contributed by atoms with Crippen molar-refractivity contribution >= 4 is 34.7 Å². The maximum absolute atomic E-state index is 13.0. The molecule has 2 aromatic rings. The van der Waals surface area contributed by atoms with Gasteiger partial charge < -0.3 is 14.4 Å². The van der Waals surface area contributed by atoms with Gasteiger partial charge in [0.2, 0.25) is 0 Å². The van der Waals surface area contributed by atoms with Gasteiger partial charge in [-0.2, -0.15) is 0 Å². The van der Waals surface area contributed by atoms with E-state index in [4.69, 9.17) is 9.47 Å². The van der Waals surface area contributed by atoms with E-state index in [0.29, 0.717) is 22.7 Å². The predicted octanol–water partition coefficient (Wildman–Crippen LogP) is 3.74. The standard InChI is InChI=1S/C18H16N2O3S/c1-22-15-7-13-14(8-16(15)23-2)19-9-12-6-11(10-20(12)18(13)21)17-4-3-5-24-17/h3-5,7-10,12H,6H2,1-2H3. The highest BCUT2D eigenvalue weighted by Gasteiger charge is 2.33. The topological polar surface area (TPSA) is 51.1 Å². The van der Waals surface area contributed by atoms with Gasteiger partial charge in [0, 0.05) is 29.8 Å². The molecule has 1 atom stereocenters. The molecule has 122 valence electrons. The van der Waals surface area contributed by atoms with Crippen LogP contribution in [0.15, 0.2) is 40.8 Å². The Hall–Kier alpha value is -2.60. The Morgan fingerprint density at radius 2 is 2.04 bits per heavy atom. The smallest absolute Gasteiger partial charge is 0.260 e. The molecule has 3 heterocycles. The Balaban J connectivity index is 1.76. The van der Waals surface area contributed by atoms with E-state index in [1.807, 2.05) is 23.9 Å². The summed E-state index contributed by atoms with van der Waals surface area (Å²) in [5.74, 6) is 1.03. The summed E-state index contributed by atoms with van der Waals surface area (Å²) in [6, 6.07) is 7.49. The maximum atomic E-state index is 13.0. The zero-order valence-electron chi connectivity index (χ0n) is 13.4. The van der Waals surface area contributed by atoms with E-state index in [-0.39, 0.29) is 11.9 Å². The SMILES string of the molecule is COc1cc2c(cc1OC)C(=O)N1C=C(c3cccs3)CC1C=N2. The molecule has 0 bridgehead atoms. The van der Waals surface area contributed by atoms with Crippen LogP contribution in [0.25, 0.3) is 5.57 Å². The lowest BCUT2D eigenvalue weighted by molar-refractivity contribution is 0.0817. The van der Waals surface area contributed by atoms with Crippen molar-refractivity contribution in [2.75, 3.05) is 14.2 Å². The van der Waals surface area contributed by atoms with Crippen molar-refractivity contribution in [3.05, 3.63) is 46.3 Å². The molecule has 1 aromatic carbocycles. The number of aliphatic imine (C=N–C) groups is 1. The third-order valence-corrected chi connectivity index (χ3v) is 5.22. The summed E-state index contributed by atoms with van der Waals surface area (Å²) in [4.78, 5) is 20.5. The molecule has 0 aliphatic carbocycles. The minimum Gasteiger partial charge on any atom is -0.493 e. The fourth-order valence-electron chi connectivity index (χ4n) is 3.05.